The minimum atomic E-state index is 0.0246. The molecule has 2 atom stereocenters. The van der Waals surface area contributed by atoms with E-state index in [0.717, 1.165) is 6.42 Å². The molecule has 1 aromatic rings. The number of nitrogens with two attached hydrogens (primary N) is 1. The zero-order valence-corrected chi connectivity index (χ0v) is 11.4. The first-order valence-electron chi connectivity index (χ1n) is 6.86. The van der Waals surface area contributed by atoms with Gasteiger partial charge in [0.25, 0.3) is 0 Å². The van der Waals surface area contributed by atoms with Crippen LogP contribution in [0.3, 0.4) is 0 Å². The third-order valence-electron chi connectivity index (χ3n) is 4.54. The maximum absolute atomic E-state index is 6.65. The number of hydrogen-bond acceptors (Lipinski definition) is 1. The van der Waals surface area contributed by atoms with Crippen molar-refractivity contribution in [2.24, 2.45) is 11.7 Å². The van der Waals surface area contributed by atoms with Crippen LogP contribution in [0.15, 0.2) is 18.2 Å². The lowest BCUT2D eigenvalue weighted by molar-refractivity contribution is 0.203. The van der Waals surface area contributed by atoms with Gasteiger partial charge >= 0.3 is 0 Å². The number of hydrogen-bond donors (Lipinski definition) is 1. The Morgan fingerprint density at radius 1 is 1.29 bits per heavy atom. The molecule has 2 unspecified atom stereocenters. The van der Waals surface area contributed by atoms with Crippen LogP contribution in [0.2, 0.25) is 0 Å². The van der Waals surface area contributed by atoms with Crippen molar-refractivity contribution in [1.82, 2.24) is 0 Å². The monoisotopic (exact) mass is 231 g/mol. The lowest BCUT2D eigenvalue weighted by atomic mass is 9.71. The summed E-state index contributed by atoms with van der Waals surface area (Å²) in [7, 11) is 0. The normalized spacial score (nSPS) is 29.3. The Labute approximate surface area is 105 Å². The van der Waals surface area contributed by atoms with E-state index in [-0.39, 0.29) is 5.54 Å². The highest BCUT2D eigenvalue weighted by Gasteiger charge is 2.34. The Morgan fingerprint density at radius 3 is 2.76 bits per heavy atom. The topological polar surface area (TPSA) is 26.0 Å². The highest BCUT2D eigenvalue weighted by Crippen LogP contribution is 2.34. The second-order valence-electron chi connectivity index (χ2n) is 5.99. The molecule has 1 nitrogen and oxygen atoms in total. The van der Waals surface area contributed by atoms with Gasteiger partial charge in [-0.25, -0.2) is 0 Å². The van der Waals surface area contributed by atoms with Crippen molar-refractivity contribution >= 4 is 0 Å². The van der Waals surface area contributed by atoms with Gasteiger partial charge in [0.05, 0.1) is 0 Å². The molecule has 0 heterocycles. The Kier molecular flexibility index (Phi) is 3.58. The first kappa shape index (κ1) is 12.6. The van der Waals surface area contributed by atoms with Gasteiger partial charge in [0.15, 0.2) is 0 Å². The molecular weight excluding hydrogens is 206 g/mol. The van der Waals surface area contributed by atoms with Crippen LogP contribution in [0.4, 0.5) is 0 Å². The summed E-state index contributed by atoms with van der Waals surface area (Å²) in [5, 5.41) is 0. The Morgan fingerprint density at radius 2 is 2.06 bits per heavy atom. The largest absolute Gasteiger partial charge is 0.325 e. The van der Waals surface area contributed by atoms with Crippen LogP contribution in [0, 0.1) is 19.8 Å². The van der Waals surface area contributed by atoms with E-state index in [2.05, 4.69) is 39.0 Å². The minimum Gasteiger partial charge on any atom is -0.325 e. The van der Waals surface area contributed by atoms with Crippen molar-refractivity contribution in [3.8, 4) is 0 Å². The molecule has 2 N–H and O–H groups in total. The summed E-state index contributed by atoms with van der Waals surface area (Å²) in [5.74, 6) is 0.649. The smallest absolute Gasteiger partial charge is 0.0221 e. The Bertz CT molecular complexity index is 397. The molecule has 1 heteroatoms. The van der Waals surface area contributed by atoms with Gasteiger partial charge in [0, 0.05) is 5.54 Å². The first-order valence-corrected chi connectivity index (χ1v) is 6.86. The van der Waals surface area contributed by atoms with Crippen LogP contribution in [0.5, 0.6) is 0 Å². The summed E-state index contributed by atoms with van der Waals surface area (Å²) in [6.07, 6.45) is 6.17. The summed E-state index contributed by atoms with van der Waals surface area (Å²) in [5.41, 5.74) is 10.9. The standard InChI is InChI=1S/C16H25N/c1-12-7-8-13(2)15(10-12)11-16(17)9-5-4-6-14(16)3/h7-8,10,14H,4-6,9,11,17H2,1-3H3. The fourth-order valence-corrected chi connectivity index (χ4v) is 3.05. The average Bonchev–Trinajstić information content (AvgIpc) is 2.28. The van der Waals surface area contributed by atoms with Crippen LogP contribution in [-0.2, 0) is 6.42 Å². The van der Waals surface area contributed by atoms with E-state index in [0.29, 0.717) is 5.92 Å². The molecule has 1 aliphatic carbocycles. The molecule has 1 fully saturated rings. The molecule has 0 saturated heterocycles. The van der Waals surface area contributed by atoms with Crippen LogP contribution >= 0.6 is 0 Å². The summed E-state index contributed by atoms with van der Waals surface area (Å²) in [4.78, 5) is 0. The quantitative estimate of drug-likeness (QED) is 0.824. The van der Waals surface area contributed by atoms with Crippen LogP contribution < -0.4 is 5.73 Å². The molecule has 0 spiro atoms. The van der Waals surface area contributed by atoms with Crippen LogP contribution in [-0.4, -0.2) is 5.54 Å². The zero-order chi connectivity index (χ0) is 12.5. The lowest BCUT2D eigenvalue weighted by Crippen LogP contribution is -2.50. The van der Waals surface area contributed by atoms with E-state index < -0.39 is 0 Å². The van der Waals surface area contributed by atoms with Crippen molar-refractivity contribution in [3.05, 3.63) is 34.9 Å². The zero-order valence-electron chi connectivity index (χ0n) is 11.4. The lowest BCUT2D eigenvalue weighted by Gasteiger charge is -2.40. The van der Waals surface area contributed by atoms with E-state index in [4.69, 9.17) is 5.73 Å². The van der Waals surface area contributed by atoms with E-state index in [9.17, 15) is 0 Å². The Balaban J connectivity index is 2.21. The molecule has 1 saturated carbocycles. The first-order chi connectivity index (χ1) is 8.01. The highest BCUT2D eigenvalue weighted by molar-refractivity contribution is 5.32. The maximum Gasteiger partial charge on any atom is 0.0221 e. The molecular formula is C16H25N. The highest BCUT2D eigenvalue weighted by atomic mass is 14.8. The number of benzene rings is 1. The fraction of sp³-hybridized carbons (Fsp3) is 0.625. The van der Waals surface area contributed by atoms with Gasteiger partial charge in [-0.15, -0.1) is 0 Å². The third-order valence-corrected chi connectivity index (χ3v) is 4.54. The van der Waals surface area contributed by atoms with Crippen molar-refractivity contribution in [3.63, 3.8) is 0 Å². The Hall–Kier alpha value is -0.820. The van der Waals surface area contributed by atoms with Gasteiger partial charge in [0.2, 0.25) is 0 Å². The van der Waals surface area contributed by atoms with Crippen molar-refractivity contribution in [1.29, 1.82) is 0 Å². The van der Waals surface area contributed by atoms with Crippen LogP contribution in [0.1, 0.15) is 49.3 Å². The molecule has 17 heavy (non-hydrogen) atoms. The van der Waals surface area contributed by atoms with E-state index in [1.54, 1.807) is 0 Å². The van der Waals surface area contributed by atoms with Crippen LogP contribution in [0.25, 0.3) is 0 Å². The molecule has 1 aliphatic rings. The molecule has 2 rings (SSSR count). The van der Waals surface area contributed by atoms with Crippen molar-refractivity contribution < 1.29 is 0 Å². The predicted octanol–water partition coefficient (Wildman–Crippen LogP) is 3.75. The molecule has 0 amide bonds. The second kappa shape index (κ2) is 4.81. The number of aryl methyl sites for hydroxylation is 2. The molecule has 0 aliphatic heterocycles. The molecule has 0 bridgehead atoms. The minimum absolute atomic E-state index is 0.0246. The van der Waals surface area contributed by atoms with Gasteiger partial charge in [0.1, 0.15) is 0 Å². The summed E-state index contributed by atoms with van der Waals surface area (Å²) in [6.45, 7) is 6.69. The second-order valence-corrected chi connectivity index (χ2v) is 5.99. The van der Waals surface area contributed by atoms with E-state index in [1.807, 2.05) is 0 Å². The fourth-order valence-electron chi connectivity index (χ4n) is 3.05. The SMILES string of the molecule is Cc1ccc(C)c(CC2(N)CCCCC2C)c1. The van der Waals surface area contributed by atoms with E-state index in [1.165, 1.54) is 42.4 Å². The predicted molar refractivity (Wildman–Crippen MR) is 74.2 cm³/mol. The van der Waals surface area contributed by atoms with Gasteiger partial charge in [-0.05, 0) is 50.2 Å². The van der Waals surface area contributed by atoms with Gasteiger partial charge in [-0.2, -0.15) is 0 Å². The molecule has 0 aromatic heterocycles. The van der Waals surface area contributed by atoms with Gasteiger partial charge in [-0.1, -0.05) is 43.5 Å². The summed E-state index contributed by atoms with van der Waals surface area (Å²) < 4.78 is 0. The summed E-state index contributed by atoms with van der Waals surface area (Å²) >= 11 is 0. The molecule has 94 valence electrons. The van der Waals surface area contributed by atoms with Gasteiger partial charge in [-0.3, -0.25) is 0 Å². The summed E-state index contributed by atoms with van der Waals surface area (Å²) in [6, 6.07) is 6.72. The maximum atomic E-state index is 6.65. The number of rotatable bonds is 2. The average molecular weight is 231 g/mol. The van der Waals surface area contributed by atoms with Gasteiger partial charge < -0.3 is 5.73 Å². The van der Waals surface area contributed by atoms with Crippen molar-refractivity contribution in [2.45, 2.75) is 58.4 Å². The van der Waals surface area contributed by atoms with Crippen molar-refractivity contribution in [2.75, 3.05) is 0 Å². The third kappa shape index (κ3) is 2.71. The molecule has 1 aromatic carbocycles. The van der Waals surface area contributed by atoms with E-state index >= 15 is 0 Å². The molecule has 0 radical (unpaired) electrons.